The van der Waals surface area contributed by atoms with Crippen molar-refractivity contribution in [3.05, 3.63) is 46.7 Å². The summed E-state index contributed by atoms with van der Waals surface area (Å²) in [6, 6.07) is 6.61. The molecule has 0 radical (unpaired) electrons. The van der Waals surface area contributed by atoms with E-state index in [1.165, 1.54) is 18.2 Å². The second kappa shape index (κ2) is 6.74. The molecule has 1 aromatic heterocycles. The zero-order valence-electron chi connectivity index (χ0n) is 12.9. The lowest BCUT2D eigenvalue weighted by molar-refractivity contribution is -0.141. The predicted molar refractivity (Wildman–Crippen MR) is 89.1 cm³/mol. The van der Waals surface area contributed by atoms with Crippen molar-refractivity contribution in [3.8, 4) is 5.69 Å². The number of carbonyl (C=O) groups is 2. The third-order valence-corrected chi connectivity index (χ3v) is 4.59. The van der Waals surface area contributed by atoms with Crippen LogP contribution >= 0.6 is 15.9 Å². The molecule has 0 bridgehead atoms. The highest BCUT2D eigenvalue weighted by Crippen LogP contribution is 2.23. The van der Waals surface area contributed by atoms with E-state index in [2.05, 4.69) is 21.0 Å². The molecule has 1 saturated heterocycles. The van der Waals surface area contributed by atoms with Gasteiger partial charge in [0.05, 0.1) is 23.6 Å². The largest absolute Gasteiger partial charge is 0.480 e. The maximum absolute atomic E-state index is 12.7. The van der Waals surface area contributed by atoms with Crippen molar-refractivity contribution in [1.29, 1.82) is 0 Å². The van der Waals surface area contributed by atoms with E-state index in [1.807, 2.05) is 24.3 Å². The highest BCUT2D eigenvalue weighted by molar-refractivity contribution is 9.10. The lowest BCUT2D eigenvalue weighted by Crippen LogP contribution is -2.40. The summed E-state index contributed by atoms with van der Waals surface area (Å²) in [6.45, 7) is 0.260. The van der Waals surface area contributed by atoms with Gasteiger partial charge in [0.15, 0.2) is 0 Å². The first-order valence-electron chi connectivity index (χ1n) is 7.36. The van der Waals surface area contributed by atoms with Crippen molar-refractivity contribution in [3.63, 3.8) is 0 Å². The molecule has 2 unspecified atom stereocenters. The van der Waals surface area contributed by atoms with Gasteiger partial charge in [0, 0.05) is 30.7 Å². The Bertz CT molecular complexity index is 759. The van der Waals surface area contributed by atoms with Gasteiger partial charge in [0.2, 0.25) is 0 Å². The number of methoxy groups -OCH3 is 1. The van der Waals surface area contributed by atoms with E-state index in [0.717, 1.165) is 10.2 Å². The number of benzene rings is 1. The van der Waals surface area contributed by atoms with Gasteiger partial charge in [-0.25, -0.2) is 9.48 Å². The Kier molecular flexibility index (Phi) is 4.68. The first-order valence-corrected chi connectivity index (χ1v) is 8.16. The number of carboxylic acids is 1. The van der Waals surface area contributed by atoms with Crippen LogP contribution in [0.15, 0.2) is 41.1 Å². The minimum absolute atomic E-state index is 0.260. The number of halogens is 1. The number of carbonyl (C=O) groups excluding carboxylic acids is 1. The van der Waals surface area contributed by atoms with Crippen LogP contribution in [-0.2, 0) is 9.53 Å². The Morgan fingerprint density at radius 3 is 2.67 bits per heavy atom. The molecule has 2 aromatic rings. The van der Waals surface area contributed by atoms with Gasteiger partial charge in [-0.3, -0.25) is 4.79 Å². The third kappa shape index (κ3) is 3.20. The molecule has 1 N–H and O–H groups in total. The molecular formula is C16H16BrN3O4. The zero-order valence-corrected chi connectivity index (χ0v) is 14.5. The second-order valence-corrected chi connectivity index (χ2v) is 6.47. The molecule has 24 heavy (non-hydrogen) atoms. The van der Waals surface area contributed by atoms with E-state index in [0.29, 0.717) is 12.0 Å². The van der Waals surface area contributed by atoms with Crippen LogP contribution in [0, 0.1) is 0 Å². The molecule has 1 aliphatic heterocycles. The van der Waals surface area contributed by atoms with Crippen molar-refractivity contribution in [2.24, 2.45) is 0 Å². The molecule has 0 aliphatic carbocycles. The topological polar surface area (TPSA) is 84.7 Å². The number of amides is 1. The Hall–Kier alpha value is -2.19. The van der Waals surface area contributed by atoms with Crippen LogP contribution in [0.2, 0.25) is 0 Å². The van der Waals surface area contributed by atoms with Gasteiger partial charge in [-0.1, -0.05) is 15.9 Å². The number of hydrogen-bond donors (Lipinski definition) is 1. The molecule has 1 fully saturated rings. The Balaban J connectivity index is 1.82. The second-order valence-electron chi connectivity index (χ2n) is 5.55. The summed E-state index contributed by atoms with van der Waals surface area (Å²) in [6.07, 6.45) is 3.07. The van der Waals surface area contributed by atoms with Crippen LogP contribution in [-0.4, -0.2) is 57.5 Å². The molecule has 8 heteroatoms. The average Bonchev–Trinajstić information content (AvgIpc) is 3.22. The molecule has 0 spiro atoms. The number of aromatic nitrogens is 2. The lowest BCUT2D eigenvalue weighted by atomic mass is 10.2. The number of nitrogens with zero attached hydrogens (tertiary/aromatic N) is 3. The minimum Gasteiger partial charge on any atom is -0.480 e. The smallest absolute Gasteiger partial charge is 0.326 e. The van der Waals surface area contributed by atoms with E-state index < -0.39 is 12.0 Å². The molecule has 126 valence electrons. The van der Waals surface area contributed by atoms with E-state index in [-0.39, 0.29) is 18.6 Å². The maximum atomic E-state index is 12.7. The highest BCUT2D eigenvalue weighted by atomic mass is 79.9. The van der Waals surface area contributed by atoms with Gasteiger partial charge in [-0.2, -0.15) is 5.10 Å². The molecule has 0 saturated carbocycles. The molecule has 1 aliphatic rings. The third-order valence-electron chi connectivity index (χ3n) is 4.06. The predicted octanol–water partition coefficient (Wildman–Crippen LogP) is 1.95. The van der Waals surface area contributed by atoms with E-state index in [4.69, 9.17) is 4.74 Å². The standard InChI is InChI=1S/C16H16BrN3O4/c1-24-13-6-14(16(22)23)19(9-13)15(21)10-7-18-20(8-10)12-4-2-11(17)3-5-12/h2-5,7-8,13-14H,6,9H2,1H3,(H,22,23). The number of carboxylic acid groups (broad SMARTS) is 1. The number of likely N-dealkylation sites (tertiary alicyclic amines) is 1. The normalized spacial score (nSPS) is 20.3. The monoisotopic (exact) mass is 393 g/mol. The number of ether oxygens (including phenoxy) is 1. The summed E-state index contributed by atoms with van der Waals surface area (Å²) >= 11 is 3.37. The Morgan fingerprint density at radius 2 is 2.04 bits per heavy atom. The molecule has 1 amide bonds. The molecular weight excluding hydrogens is 378 g/mol. The minimum atomic E-state index is -1.02. The molecule has 3 rings (SSSR count). The molecule has 1 aromatic carbocycles. The van der Waals surface area contributed by atoms with Gasteiger partial charge < -0.3 is 14.7 Å². The van der Waals surface area contributed by atoms with Crippen molar-refractivity contribution >= 4 is 27.8 Å². The van der Waals surface area contributed by atoms with Crippen LogP contribution in [0.25, 0.3) is 5.69 Å². The van der Waals surface area contributed by atoms with E-state index in [1.54, 1.807) is 10.9 Å². The van der Waals surface area contributed by atoms with Gasteiger partial charge in [-0.15, -0.1) is 0 Å². The number of aliphatic carboxylic acids is 1. The first kappa shape index (κ1) is 16.7. The highest BCUT2D eigenvalue weighted by Gasteiger charge is 2.40. The summed E-state index contributed by atoms with van der Waals surface area (Å²) in [7, 11) is 1.52. The summed E-state index contributed by atoms with van der Waals surface area (Å²) in [5, 5.41) is 13.5. The Labute approximate surface area is 147 Å². The summed E-state index contributed by atoms with van der Waals surface area (Å²) < 4.78 is 7.74. The summed E-state index contributed by atoms with van der Waals surface area (Å²) in [5.74, 6) is -1.38. The SMILES string of the molecule is COC1CC(C(=O)O)N(C(=O)c2cnn(-c3ccc(Br)cc3)c2)C1. The van der Waals surface area contributed by atoms with Crippen molar-refractivity contribution in [1.82, 2.24) is 14.7 Å². The average molecular weight is 394 g/mol. The number of rotatable bonds is 4. The quantitative estimate of drug-likeness (QED) is 0.857. The summed E-state index contributed by atoms with van der Waals surface area (Å²) in [5.41, 5.74) is 1.16. The molecule has 2 heterocycles. The fraction of sp³-hybridized carbons (Fsp3) is 0.312. The van der Waals surface area contributed by atoms with Gasteiger partial charge >= 0.3 is 5.97 Å². The maximum Gasteiger partial charge on any atom is 0.326 e. The summed E-state index contributed by atoms with van der Waals surface area (Å²) in [4.78, 5) is 25.4. The van der Waals surface area contributed by atoms with Gasteiger partial charge in [0.1, 0.15) is 6.04 Å². The fourth-order valence-corrected chi connectivity index (χ4v) is 3.03. The number of hydrogen-bond acceptors (Lipinski definition) is 4. The molecule has 7 nitrogen and oxygen atoms in total. The Morgan fingerprint density at radius 1 is 1.33 bits per heavy atom. The van der Waals surface area contributed by atoms with E-state index >= 15 is 0 Å². The van der Waals surface area contributed by atoms with Crippen LogP contribution in [0.1, 0.15) is 16.8 Å². The van der Waals surface area contributed by atoms with Crippen LogP contribution in [0.5, 0.6) is 0 Å². The van der Waals surface area contributed by atoms with Crippen LogP contribution in [0.3, 0.4) is 0 Å². The van der Waals surface area contributed by atoms with E-state index in [9.17, 15) is 14.7 Å². The lowest BCUT2D eigenvalue weighted by Gasteiger charge is -2.20. The van der Waals surface area contributed by atoms with Crippen molar-refractivity contribution in [2.75, 3.05) is 13.7 Å². The fourth-order valence-electron chi connectivity index (χ4n) is 2.76. The first-order chi connectivity index (χ1) is 11.5. The van der Waals surface area contributed by atoms with Gasteiger partial charge in [-0.05, 0) is 24.3 Å². The van der Waals surface area contributed by atoms with Crippen LogP contribution < -0.4 is 0 Å². The van der Waals surface area contributed by atoms with Crippen LogP contribution in [0.4, 0.5) is 0 Å². The zero-order chi connectivity index (χ0) is 17.3. The van der Waals surface area contributed by atoms with Crippen molar-refractivity contribution in [2.45, 2.75) is 18.6 Å². The van der Waals surface area contributed by atoms with Crippen molar-refractivity contribution < 1.29 is 19.4 Å². The molecule has 2 atom stereocenters. The van der Waals surface area contributed by atoms with Gasteiger partial charge in [0.25, 0.3) is 5.91 Å².